The molecule has 14 heavy (non-hydrogen) atoms. The van der Waals surface area contributed by atoms with Gasteiger partial charge >= 0.3 is 0 Å². The quantitative estimate of drug-likeness (QED) is 0.403. The lowest BCUT2D eigenvalue weighted by Gasteiger charge is -1.97. The monoisotopic (exact) mass is 188 g/mol. The van der Waals surface area contributed by atoms with Crippen LogP contribution in [0.4, 0.5) is 0 Å². The van der Waals surface area contributed by atoms with Crippen LogP contribution in [0.5, 0.6) is 0 Å². The van der Waals surface area contributed by atoms with Crippen molar-refractivity contribution in [3.63, 3.8) is 0 Å². The van der Waals surface area contributed by atoms with E-state index in [0.29, 0.717) is 5.71 Å². The highest BCUT2D eigenvalue weighted by molar-refractivity contribution is 6.10. The minimum Gasteiger partial charge on any atom is -0.411 e. The van der Waals surface area contributed by atoms with E-state index < -0.39 is 0 Å². The number of aryl methyl sites for hydroxylation is 1. The fourth-order valence-corrected chi connectivity index (χ4v) is 1.79. The van der Waals surface area contributed by atoms with Crippen LogP contribution in [0.15, 0.2) is 29.4 Å². The predicted octanol–water partition coefficient (Wildman–Crippen LogP) is 2.67. The summed E-state index contributed by atoms with van der Waals surface area (Å²) in [6.45, 7) is 3.77. The summed E-state index contributed by atoms with van der Waals surface area (Å²) in [5.41, 5.74) is 3.73. The van der Waals surface area contributed by atoms with Gasteiger partial charge in [0, 0.05) is 22.2 Å². The van der Waals surface area contributed by atoms with E-state index in [9.17, 15) is 0 Å². The van der Waals surface area contributed by atoms with E-state index in [4.69, 9.17) is 5.21 Å². The van der Waals surface area contributed by atoms with Gasteiger partial charge in [-0.2, -0.15) is 0 Å². The van der Waals surface area contributed by atoms with Gasteiger partial charge in [0.25, 0.3) is 0 Å². The first-order chi connectivity index (χ1) is 6.74. The van der Waals surface area contributed by atoms with Crippen LogP contribution in [0.2, 0.25) is 0 Å². The summed E-state index contributed by atoms with van der Waals surface area (Å²) in [4.78, 5) is 3.25. The Kier molecular flexibility index (Phi) is 2.00. The molecule has 0 radical (unpaired) electrons. The number of nitrogens with one attached hydrogen (secondary N) is 1. The summed E-state index contributed by atoms with van der Waals surface area (Å²) in [6, 6.07) is 7.98. The second kappa shape index (κ2) is 3.18. The third kappa shape index (κ3) is 1.18. The summed E-state index contributed by atoms with van der Waals surface area (Å²) in [5, 5.41) is 13.1. The van der Waals surface area contributed by atoms with Crippen LogP contribution in [0.25, 0.3) is 10.9 Å². The van der Waals surface area contributed by atoms with E-state index in [2.05, 4.69) is 10.1 Å². The average molecular weight is 188 g/mol. The molecule has 1 aromatic heterocycles. The Hall–Kier alpha value is -1.77. The number of fused-ring (bicyclic) bond motifs is 1. The highest BCUT2D eigenvalue weighted by Gasteiger charge is 2.10. The normalized spacial score (nSPS) is 12.3. The van der Waals surface area contributed by atoms with E-state index in [-0.39, 0.29) is 0 Å². The molecular weight excluding hydrogens is 176 g/mol. The summed E-state index contributed by atoms with van der Waals surface area (Å²) in [7, 11) is 0. The number of aromatic amines is 1. The maximum atomic E-state index is 8.76. The first-order valence-electron chi connectivity index (χ1n) is 4.50. The minimum atomic E-state index is 0.639. The van der Waals surface area contributed by atoms with E-state index in [1.54, 1.807) is 6.92 Å². The van der Waals surface area contributed by atoms with E-state index in [0.717, 1.165) is 22.2 Å². The molecule has 72 valence electrons. The Morgan fingerprint density at radius 1 is 1.36 bits per heavy atom. The molecule has 0 amide bonds. The van der Waals surface area contributed by atoms with Gasteiger partial charge in [-0.25, -0.2) is 0 Å². The zero-order valence-electron chi connectivity index (χ0n) is 8.20. The molecule has 0 bridgehead atoms. The second-order valence-electron chi connectivity index (χ2n) is 3.36. The molecule has 1 heterocycles. The van der Waals surface area contributed by atoms with Gasteiger partial charge in [0.15, 0.2) is 0 Å². The van der Waals surface area contributed by atoms with Crippen LogP contribution < -0.4 is 0 Å². The fraction of sp³-hybridized carbons (Fsp3) is 0.182. The molecule has 2 N–H and O–H groups in total. The Morgan fingerprint density at radius 3 is 2.79 bits per heavy atom. The zero-order chi connectivity index (χ0) is 10.1. The summed E-state index contributed by atoms with van der Waals surface area (Å²) < 4.78 is 0. The topological polar surface area (TPSA) is 48.4 Å². The molecule has 0 unspecified atom stereocenters. The number of oxime groups is 1. The van der Waals surface area contributed by atoms with Crippen LogP contribution >= 0.6 is 0 Å². The summed E-state index contributed by atoms with van der Waals surface area (Å²) in [5.74, 6) is 0. The lowest BCUT2D eigenvalue weighted by Crippen LogP contribution is -1.95. The average Bonchev–Trinajstić information content (AvgIpc) is 2.53. The first kappa shape index (κ1) is 8.81. The Balaban J connectivity index is 2.81. The number of aromatic nitrogens is 1. The van der Waals surface area contributed by atoms with Crippen LogP contribution in [0, 0.1) is 6.92 Å². The number of nitrogens with zero attached hydrogens (tertiary/aromatic N) is 1. The lowest BCUT2D eigenvalue weighted by atomic mass is 10.1. The van der Waals surface area contributed by atoms with Gasteiger partial charge in [-0.05, 0) is 19.9 Å². The number of benzene rings is 1. The molecule has 0 atom stereocenters. The molecular formula is C11H12N2O. The molecule has 0 aliphatic heterocycles. The molecule has 2 aromatic rings. The van der Waals surface area contributed by atoms with Crippen molar-refractivity contribution in [3.05, 3.63) is 35.5 Å². The van der Waals surface area contributed by atoms with Gasteiger partial charge in [0.05, 0.1) is 5.71 Å². The molecule has 0 saturated carbocycles. The Labute approximate surface area is 82.1 Å². The Bertz CT molecular complexity index is 497. The fourth-order valence-electron chi connectivity index (χ4n) is 1.79. The predicted molar refractivity (Wildman–Crippen MR) is 57.0 cm³/mol. The SMILES string of the molecule is CC(=NO)c1c(C)[nH]c2ccccc12. The largest absolute Gasteiger partial charge is 0.411 e. The smallest absolute Gasteiger partial charge is 0.0861 e. The van der Waals surface area contributed by atoms with Crippen molar-refractivity contribution in [2.24, 2.45) is 5.16 Å². The third-order valence-corrected chi connectivity index (χ3v) is 2.41. The lowest BCUT2D eigenvalue weighted by molar-refractivity contribution is 0.319. The molecule has 3 nitrogen and oxygen atoms in total. The van der Waals surface area contributed by atoms with Gasteiger partial charge in [0.1, 0.15) is 0 Å². The molecule has 1 aromatic carbocycles. The highest BCUT2D eigenvalue weighted by atomic mass is 16.4. The maximum Gasteiger partial charge on any atom is 0.0861 e. The van der Waals surface area contributed by atoms with Gasteiger partial charge in [-0.1, -0.05) is 23.4 Å². The first-order valence-corrected chi connectivity index (χ1v) is 4.50. The van der Waals surface area contributed by atoms with Gasteiger partial charge < -0.3 is 10.2 Å². The van der Waals surface area contributed by atoms with Crippen molar-refractivity contribution in [1.29, 1.82) is 0 Å². The minimum absolute atomic E-state index is 0.639. The number of H-pyrrole nitrogens is 1. The van der Waals surface area contributed by atoms with Crippen molar-refractivity contribution in [1.82, 2.24) is 4.98 Å². The molecule has 0 aliphatic rings. The highest BCUT2D eigenvalue weighted by Crippen LogP contribution is 2.22. The van der Waals surface area contributed by atoms with Crippen molar-refractivity contribution in [3.8, 4) is 0 Å². The maximum absolute atomic E-state index is 8.76. The van der Waals surface area contributed by atoms with Crippen LogP contribution in [0.3, 0.4) is 0 Å². The number of hydrogen-bond donors (Lipinski definition) is 2. The van der Waals surface area contributed by atoms with Gasteiger partial charge in [-0.15, -0.1) is 0 Å². The summed E-state index contributed by atoms with van der Waals surface area (Å²) in [6.07, 6.45) is 0. The van der Waals surface area contributed by atoms with Crippen LogP contribution in [-0.4, -0.2) is 15.9 Å². The standard InChI is InChI=1S/C11H12N2O/c1-7-11(8(2)13-14)9-5-3-4-6-10(9)12-7/h3-6,12,14H,1-2H3. The molecule has 0 saturated heterocycles. The van der Waals surface area contributed by atoms with Crippen LogP contribution in [0.1, 0.15) is 18.2 Å². The van der Waals surface area contributed by atoms with Gasteiger partial charge in [-0.3, -0.25) is 0 Å². The van der Waals surface area contributed by atoms with Crippen molar-refractivity contribution < 1.29 is 5.21 Å². The molecule has 2 rings (SSSR count). The van der Waals surface area contributed by atoms with E-state index in [1.165, 1.54) is 0 Å². The van der Waals surface area contributed by atoms with E-state index in [1.807, 2.05) is 31.2 Å². The molecule has 0 spiro atoms. The van der Waals surface area contributed by atoms with Crippen LogP contribution in [-0.2, 0) is 0 Å². The number of hydrogen-bond acceptors (Lipinski definition) is 2. The second-order valence-corrected chi connectivity index (χ2v) is 3.36. The van der Waals surface area contributed by atoms with E-state index >= 15 is 0 Å². The molecule has 0 fully saturated rings. The van der Waals surface area contributed by atoms with Crippen molar-refractivity contribution in [2.45, 2.75) is 13.8 Å². The zero-order valence-corrected chi connectivity index (χ0v) is 8.20. The third-order valence-electron chi connectivity index (χ3n) is 2.41. The van der Waals surface area contributed by atoms with Crippen molar-refractivity contribution >= 4 is 16.6 Å². The van der Waals surface area contributed by atoms with Crippen molar-refractivity contribution in [2.75, 3.05) is 0 Å². The van der Waals surface area contributed by atoms with Gasteiger partial charge in [0.2, 0.25) is 0 Å². The molecule has 0 aliphatic carbocycles. The molecule has 3 heteroatoms. The Morgan fingerprint density at radius 2 is 2.07 bits per heavy atom. The number of para-hydroxylation sites is 1. The number of rotatable bonds is 1. The summed E-state index contributed by atoms with van der Waals surface area (Å²) >= 11 is 0.